The van der Waals surface area contributed by atoms with Crippen LogP contribution in [0.3, 0.4) is 0 Å². The molecule has 5 nitrogen and oxygen atoms in total. The number of hydrogen-bond acceptors (Lipinski definition) is 4. The van der Waals surface area contributed by atoms with Crippen molar-refractivity contribution in [1.29, 1.82) is 0 Å². The zero-order chi connectivity index (χ0) is 16.1. The average Bonchev–Trinajstić information content (AvgIpc) is 2.60. The summed E-state index contributed by atoms with van der Waals surface area (Å²) in [5.41, 5.74) is 2.54. The zero-order valence-corrected chi connectivity index (χ0v) is 13.1. The van der Waals surface area contributed by atoms with Crippen molar-refractivity contribution >= 4 is 5.91 Å². The molecule has 0 bridgehead atoms. The van der Waals surface area contributed by atoms with Gasteiger partial charge in [-0.05, 0) is 23.3 Å². The smallest absolute Gasteiger partial charge is 0.260 e. The van der Waals surface area contributed by atoms with Gasteiger partial charge in [-0.2, -0.15) is 0 Å². The summed E-state index contributed by atoms with van der Waals surface area (Å²) in [5.74, 6) is 0.522. The second kappa shape index (κ2) is 7.24. The maximum absolute atomic E-state index is 12.2. The number of amides is 1. The van der Waals surface area contributed by atoms with E-state index in [2.05, 4.69) is 17.1 Å². The Morgan fingerprint density at radius 1 is 1.30 bits per heavy atom. The predicted molar refractivity (Wildman–Crippen MR) is 86.1 cm³/mol. The summed E-state index contributed by atoms with van der Waals surface area (Å²) in [4.78, 5) is 17.8. The monoisotopic (exact) mass is 312 g/mol. The van der Waals surface area contributed by atoms with Crippen LogP contribution >= 0.6 is 0 Å². The number of fused-ring (bicyclic) bond motifs is 1. The fraction of sp³-hybridized carbons (Fsp3) is 0.333. The van der Waals surface area contributed by atoms with Gasteiger partial charge in [-0.3, -0.25) is 9.78 Å². The molecule has 120 valence electrons. The molecule has 0 radical (unpaired) electrons. The lowest BCUT2D eigenvalue weighted by Crippen LogP contribution is -2.40. The van der Waals surface area contributed by atoms with Crippen molar-refractivity contribution in [3.8, 4) is 5.75 Å². The number of nitrogens with zero attached hydrogens (tertiary/aromatic N) is 2. The molecule has 1 unspecified atom stereocenters. The first kappa shape index (κ1) is 15.5. The van der Waals surface area contributed by atoms with Crippen LogP contribution in [0, 0.1) is 0 Å². The molecule has 1 atom stereocenters. The number of ether oxygens (including phenoxy) is 2. The maximum Gasteiger partial charge on any atom is 0.260 e. The average molecular weight is 312 g/mol. The number of benzene rings is 1. The topological polar surface area (TPSA) is 51.7 Å². The van der Waals surface area contributed by atoms with Crippen LogP contribution in [0.15, 0.2) is 48.8 Å². The molecule has 2 heterocycles. The van der Waals surface area contributed by atoms with E-state index in [1.807, 2.05) is 12.1 Å². The number of pyridine rings is 1. The number of carbonyl (C=O) groups excluding carboxylic acids is 1. The van der Waals surface area contributed by atoms with Crippen molar-refractivity contribution in [2.45, 2.75) is 19.1 Å². The number of rotatable bonds is 5. The van der Waals surface area contributed by atoms with Crippen LogP contribution in [0.1, 0.15) is 11.1 Å². The molecule has 0 fully saturated rings. The molecule has 0 spiro atoms. The molecule has 1 aliphatic rings. The summed E-state index contributed by atoms with van der Waals surface area (Å²) < 4.78 is 11.3. The van der Waals surface area contributed by atoms with Gasteiger partial charge < -0.3 is 14.4 Å². The van der Waals surface area contributed by atoms with E-state index in [1.54, 1.807) is 36.5 Å². The summed E-state index contributed by atoms with van der Waals surface area (Å²) >= 11 is 0. The molecule has 5 heteroatoms. The molecule has 0 saturated heterocycles. The Hall–Kier alpha value is -2.40. The molecular weight excluding hydrogens is 292 g/mol. The third-order valence-electron chi connectivity index (χ3n) is 3.94. The first-order valence-electron chi connectivity index (χ1n) is 7.67. The summed E-state index contributed by atoms with van der Waals surface area (Å²) in [7, 11) is 1.78. The molecule has 0 N–H and O–H groups in total. The number of aromatic nitrogens is 1. The molecule has 0 saturated carbocycles. The minimum absolute atomic E-state index is 0.00546. The highest BCUT2D eigenvalue weighted by Gasteiger charge is 2.22. The molecular formula is C18H20N2O3. The lowest BCUT2D eigenvalue weighted by atomic mass is 9.99. The van der Waals surface area contributed by atoms with Gasteiger partial charge in [0, 0.05) is 26.2 Å². The molecule has 23 heavy (non-hydrogen) atoms. The van der Waals surface area contributed by atoms with E-state index >= 15 is 0 Å². The van der Waals surface area contributed by atoms with Crippen LogP contribution in [0.4, 0.5) is 0 Å². The van der Waals surface area contributed by atoms with E-state index in [4.69, 9.17) is 9.47 Å². The minimum Gasteiger partial charge on any atom is -0.482 e. The van der Waals surface area contributed by atoms with Gasteiger partial charge in [0.05, 0.1) is 18.9 Å². The van der Waals surface area contributed by atoms with Gasteiger partial charge >= 0.3 is 0 Å². The first-order chi connectivity index (χ1) is 11.2. The van der Waals surface area contributed by atoms with Crippen molar-refractivity contribution in [2.24, 2.45) is 0 Å². The highest BCUT2D eigenvalue weighted by molar-refractivity contribution is 5.77. The largest absolute Gasteiger partial charge is 0.482 e. The van der Waals surface area contributed by atoms with Crippen LogP contribution in [0.25, 0.3) is 0 Å². The minimum atomic E-state index is -0.0729. The Bertz CT molecular complexity index is 660. The van der Waals surface area contributed by atoms with E-state index in [9.17, 15) is 4.79 Å². The summed E-state index contributed by atoms with van der Waals surface area (Å²) in [6.07, 6.45) is 4.11. The van der Waals surface area contributed by atoms with Gasteiger partial charge in [-0.1, -0.05) is 24.3 Å². The summed E-state index contributed by atoms with van der Waals surface area (Å²) in [5, 5.41) is 0. The quantitative estimate of drug-likeness (QED) is 0.848. The first-order valence-corrected chi connectivity index (χ1v) is 7.67. The lowest BCUT2D eigenvalue weighted by molar-refractivity contribution is -0.134. The maximum atomic E-state index is 12.2. The Morgan fingerprint density at radius 2 is 2.13 bits per heavy atom. The van der Waals surface area contributed by atoms with Crippen molar-refractivity contribution in [1.82, 2.24) is 9.88 Å². The zero-order valence-electron chi connectivity index (χ0n) is 13.1. The van der Waals surface area contributed by atoms with Crippen molar-refractivity contribution in [3.05, 3.63) is 59.9 Å². The molecule has 3 rings (SSSR count). The summed E-state index contributed by atoms with van der Waals surface area (Å²) in [6, 6.07) is 11.8. The van der Waals surface area contributed by atoms with Gasteiger partial charge in [0.2, 0.25) is 0 Å². The van der Waals surface area contributed by atoms with E-state index < -0.39 is 0 Å². The van der Waals surface area contributed by atoms with Gasteiger partial charge in [0.15, 0.2) is 6.61 Å². The van der Waals surface area contributed by atoms with Gasteiger partial charge in [0.25, 0.3) is 5.91 Å². The van der Waals surface area contributed by atoms with Gasteiger partial charge in [0.1, 0.15) is 5.75 Å². The third-order valence-corrected chi connectivity index (χ3v) is 3.94. The van der Waals surface area contributed by atoms with Crippen LogP contribution in [-0.4, -0.2) is 42.1 Å². The molecule has 1 aliphatic heterocycles. The standard InChI is InChI=1S/C18H20N2O3/c1-20(18(21)13-23-16-7-4-8-19-10-16)11-17-9-14-5-2-3-6-15(14)12-22-17/h2-8,10,17H,9,11-13H2,1H3. The fourth-order valence-corrected chi connectivity index (χ4v) is 2.62. The van der Waals surface area contributed by atoms with E-state index in [0.717, 1.165) is 6.42 Å². The molecule has 0 aliphatic carbocycles. The Labute approximate surface area is 135 Å². The predicted octanol–water partition coefficient (Wildman–Crippen LogP) is 2.06. The Morgan fingerprint density at radius 3 is 2.91 bits per heavy atom. The van der Waals surface area contributed by atoms with Gasteiger partial charge in [-0.25, -0.2) is 0 Å². The van der Waals surface area contributed by atoms with Crippen LogP contribution in [0.2, 0.25) is 0 Å². The van der Waals surface area contributed by atoms with Crippen LogP contribution < -0.4 is 4.74 Å². The van der Waals surface area contributed by atoms with E-state index in [0.29, 0.717) is 18.9 Å². The second-order valence-electron chi connectivity index (χ2n) is 5.66. The number of carbonyl (C=O) groups is 1. The molecule has 2 aromatic rings. The van der Waals surface area contributed by atoms with Crippen LogP contribution in [0.5, 0.6) is 5.75 Å². The third kappa shape index (κ3) is 4.07. The number of hydrogen-bond donors (Lipinski definition) is 0. The van der Waals surface area contributed by atoms with Crippen molar-refractivity contribution in [3.63, 3.8) is 0 Å². The van der Waals surface area contributed by atoms with E-state index in [1.165, 1.54) is 11.1 Å². The summed E-state index contributed by atoms with van der Waals surface area (Å²) in [6.45, 7) is 1.17. The second-order valence-corrected chi connectivity index (χ2v) is 5.66. The molecule has 1 aromatic carbocycles. The van der Waals surface area contributed by atoms with Gasteiger partial charge in [-0.15, -0.1) is 0 Å². The van der Waals surface area contributed by atoms with Crippen molar-refractivity contribution < 1.29 is 14.3 Å². The van der Waals surface area contributed by atoms with Crippen LogP contribution in [-0.2, 0) is 22.6 Å². The lowest BCUT2D eigenvalue weighted by Gasteiger charge is -2.29. The normalized spacial score (nSPS) is 16.5. The highest BCUT2D eigenvalue weighted by Crippen LogP contribution is 2.20. The van der Waals surface area contributed by atoms with Crippen molar-refractivity contribution in [2.75, 3.05) is 20.2 Å². The Balaban J connectivity index is 1.49. The molecule has 1 aromatic heterocycles. The SMILES string of the molecule is CN(CC1Cc2ccccc2CO1)C(=O)COc1cccnc1. The Kier molecular flexibility index (Phi) is 4.88. The van der Waals surface area contributed by atoms with E-state index in [-0.39, 0.29) is 18.6 Å². The fourth-order valence-electron chi connectivity index (χ4n) is 2.62. The number of likely N-dealkylation sites (N-methyl/N-ethyl adjacent to an activating group) is 1. The molecule has 1 amide bonds. The highest BCUT2D eigenvalue weighted by atomic mass is 16.5.